The first-order valence-electron chi connectivity index (χ1n) is 13.0. The monoisotopic (exact) mass is 508 g/mol. The van der Waals surface area contributed by atoms with E-state index in [4.69, 9.17) is 22.1 Å². The number of benzene rings is 1. The Kier molecular flexibility index (Phi) is 6.58. The van der Waals surface area contributed by atoms with Crippen LogP contribution >= 0.6 is 11.6 Å². The van der Waals surface area contributed by atoms with Gasteiger partial charge in [0.15, 0.2) is 5.82 Å². The first kappa shape index (κ1) is 23.7. The summed E-state index contributed by atoms with van der Waals surface area (Å²) in [7, 11) is 0. The maximum atomic E-state index is 12.1. The fourth-order valence-electron chi connectivity index (χ4n) is 6.50. The van der Waals surface area contributed by atoms with Crippen LogP contribution in [0.4, 0.5) is 17.5 Å². The predicted octanol–water partition coefficient (Wildman–Crippen LogP) is 3.54. The van der Waals surface area contributed by atoms with Gasteiger partial charge in [0, 0.05) is 30.9 Å². The molecule has 1 aromatic carbocycles. The van der Waals surface area contributed by atoms with Crippen LogP contribution < -0.4 is 16.4 Å². The summed E-state index contributed by atoms with van der Waals surface area (Å²) in [6.45, 7) is 3.77. The lowest BCUT2D eigenvalue weighted by Gasteiger charge is -2.33. The molecule has 1 aromatic heterocycles. The molecule has 1 amide bonds. The van der Waals surface area contributed by atoms with Crippen LogP contribution in [0, 0.1) is 17.8 Å². The highest BCUT2D eigenvalue weighted by molar-refractivity contribution is 6.32. The molecular formula is C27H33ClN6O2. The van der Waals surface area contributed by atoms with E-state index in [1.165, 1.54) is 24.0 Å². The molecule has 5 unspecified atom stereocenters. The van der Waals surface area contributed by atoms with Crippen molar-refractivity contribution in [2.24, 2.45) is 23.5 Å². The van der Waals surface area contributed by atoms with Gasteiger partial charge in [-0.2, -0.15) is 4.98 Å². The lowest BCUT2D eigenvalue weighted by molar-refractivity contribution is -0.122. The van der Waals surface area contributed by atoms with E-state index in [0.29, 0.717) is 22.8 Å². The highest BCUT2D eigenvalue weighted by Gasteiger charge is 2.47. The molecule has 190 valence electrons. The number of nitrogens with two attached hydrogens (primary N) is 1. The number of primary amides is 1. The fraction of sp³-hybridized carbons (Fsp3) is 0.519. The van der Waals surface area contributed by atoms with Crippen molar-refractivity contribution in [3.63, 3.8) is 0 Å². The number of ether oxygens (including phenoxy) is 1. The number of fused-ring (bicyclic) bond motifs is 3. The summed E-state index contributed by atoms with van der Waals surface area (Å²) >= 11 is 6.44. The predicted molar refractivity (Wildman–Crippen MR) is 140 cm³/mol. The van der Waals surface area contributed by atoms with Gasteiger partial charge in [-0.05, 0) is 67.2 Å². The zero-order valence-electron chi connectivity index (χ0n) is 20.3. The Hall–Kier alpha value is -2.68. The quantitative estimate of drug-likeness (QED) is 0.405. The highest BCUT2D eigenvalue weighted by atomic mass is 35.5. The number of nitrogens with zero attached hydrogens (tertiary/aromatic N) is 3. The van der Waals surface area contributed by atoms with Gasteiger partial charge in [-0.25, -0.2) is 4.98 Å². The maximum Gasteiger partial charge on any atom is 0.229 e. The topological polar surface area (TPSA) is 105 Å². The summed E-state index contributed by atoms with van der Waals surface area (Å²) in [6.07, 6.45) is 11.3. The summed E-state index contributed by atoms with van der Waals surface area (Å²) in [4.78, 5) is 23.7. The number of morpholine rings is 1. The number of anilines is 3. The normalized spacial score (nSPS) is 29.5. The number of allylic oxidation sites excluding steroid dienone is 1. The number of halogens is 1. The van der Waals surface area contributed by atoms with Crippen molar-refractivity contribution < 1.29 is 9.53 Å². The minimum absolute atomic E-state index is 0.107. The van der Waals surface area contributed by atoms with E-state index in [1.54, 1.807) is 6.20 Å². The number of hydrogen-bond acceptors (Lipinski definition) is 7. The molecule has 1 saturated carbocycles. The third kappa shape index (κ3) is 4.69. The van der Waals surface area contributed by atoms with E-state index in [0.717, 1.165) is 51.3 Å². The smallest absolute Gasteiger partial charge is 0.229 e. The average molecular weight is 509 g/mol. The molecule has 36 heavy (non-hydrogen) atoms. The summed E-state index contributed by atoms with van der Waals surface area (Å²) in [5.74, 6) is 0.888. The third-order valence-electron chi connectivity index (χ3n) is 8.35. The standard InChI is InChI=1S/C27H33ClN6O2/c28-22-15-30-27(33-26(22)32-24-19-2-1-18(13-19)23(24)25(29)35)31-20-6-3-16-4-7-21(8-5-17(16)14-20)34-9-11-36-12-10-34/h1-3,6,14-15,18-19,21,23-24H,4-5,7-13H2,(H2,29,35)(H2,30,31,32,33). The number of hydrogen-bond donors (Lipinski definition) is 3. The largest absolute Gasteiger partial charge is 0.379 e. The van der Waals surface area contributed by atoms with Gasteiger partial charge in [0.1, 0.15) is 5.02 Å². The van der Waals surface area contributed by atoms with Gasteiger partial charge in [0.2, 0.25) is 11.9 Å². The van der Waals surface area contributed by atoms with Gasteiger partial charge in [-0.1, -0.05) is 29.8 Å². The number of carbonyl (C=O) groups is 1. The summed E-state index contributed by atoms with van der Waals surface area (Å²) in [5, 5.41) is 7.18. The van der Waals surface area contributed by atoms with Crippen molar-refractivity contribution >= 4 is 35.0 Å². The van der Waals surface area contributed by atoms with Crippen LogP contribution in [0.5, 0.6) is 0 Å². The molecule has 8 nitrogen and oxygen atoms in total. The van der Waals surface area contributed by atoms with Crippen molar-refractivity contribution in [3.8, 4) is 0 Å². The maximum absolute atomic E-state index is 12.1. The Bertz CT molecular complexity index is 1170. The van der Waals surface area contributed by atoms with Crippen LogP contribution in [0.3, 0.4) is 0 Å². The lowest BCUT2D eigenvalue weighted by atomic mass is 9.88. The van der Waals surface area contributed by atoms with Gasteiger partial charge in [-0.3, -0.25) is 9.69 Å². The van der Waals surface area contributed by atoms with E-state index in [9.17, 15) is 4.79 Å². The number of aromatic nitrogens is 2. The van der Waals surface area contributed by atoms with Gasteiger partial charge in [0.25, 0.3) is 0 Å². The first-order valence-corrected chi connectivity index (χ1v) is 13.4. The molecule has 1 aliphatic heterocycles. The van der Waals surface area contributed by atoms with E-state index >= 15 is 0 Å². The molecule has 2 fully saturated rings. The van der Waals surface area contributed by atoms with Crippen LogP contribution in [-0.4, -0.2) is 59.2 Å². The molecule has 0 radical (unpaired) electrons. The second-order valence-corrected chi connectivity index (χ2v) is 10.8. The molecule has 2 aromatic rings. The Morgan fingerprint density at radius 2 is 1.89 bits per heavy atom. The average Bonchev–Trinajstić information content (AvgIpc) is 3.42. The van der Waals surface area contributed by atoms with E-state index < -0.39 is 0 Å². The molecule has 6 rings (SSSR count). The molecule has 4 aliphatic rings. The summed E-state index contributed by atoms with van der Waals surface area (Å²) < 4.78 is 5.54. The lowest BCUT2D eigenvalue weighted by Crippen LogP contribution is -2.43. The third-order valence-corrected chi connectivity index (χ3v) is 8.63. The number of amides is 1. The van der Waals surface area contributed by atoms with Gasteiger partial charge < -0.3 is 21.1 Å². The van der Waals surface area contributed by atoms with Gasteiger partial charge in [0.05, 0.1) is 25.3 Å². The first-order chi connectivity index (χ1) is 17.5. The zero-order valence-corrected chi connectivity index (χ0v) is 21.1. The van der Waals surface area contributed by atoms with E-state index in [-0.39, 0.29) is 29.7 Å². The van der Waals surface area contributed by atoms with Crippen LogP contribution in [-0.2, 0) is 22.4 Å². The SMILES string of the molecule is NC(=O)C1C2C=CC(C2)C1Nc1nc(Nc2ccc3c(c2)CCC(N2CCOCC2)CC3)ncc1Cl. The molecule has 1 saturated heterocycles. The fourth-order valence-corrected chi connectivity index (χ4v) is 6.64. The van der Waals surface area contributed by atoms with Gasteiger partial charge >= 0.3 is 0 Å². The molecule has 0 spiro atoms. The van der Waals surface area contributed by atoms with Crippen molar-refractivity contribution in [2.75, 3.05) is 36.9 Å². The van der Waals surface area contributed by atoms with Crippen LogP contribution in [0.15, 0.2) is 36.5 Å². The summed E-state index contributed by atoms with van der Waals surface area (Å²) in [5.41, 5.74) is 9.50. The zero-order chi connectivity index (χ0) is 24.6. The van der Waals surface area contributed by atoms with Gasteiger partial charge in [-0.15, -0.1) is 0 Å². The molecule has 9 heteroatoms. The van der Waals surface area contributed by atoms with E-state index in [1.807, 2.05) is 0 Å². The second-order valence-electron chi connectivity index (χ2n) is 10.4. The number of nitrogens with one attached hydrogen (secondary N) is 2. The Labute approximate surface area is 216 Å². The Morgan fingerprint density at radius 1 is 1.11 bits per heavy atom. The van der Waals surface area contributed by atoms with Crippen LogP contribution in [0.25, 0.3) is 0 Å². The molecule has 2 heterocycles. The minimum atomic E-state index is -0.284. The molecular weight excluding hydrogens is 476 g/mol. The van der Waals surface area contributed by atoms with Crippen molar-refractivity contribution in [3.05, 3.63) is 52.7 Å². The van der Waals surface area contributed by atoms with Crippen LogP contribution in [0.2, 0.25) is 5.02 Å². The minimum Gasteiger partial charge on any atom is -0.379 e. The highest BCUT2D eigenvalue weighted by Crippen LogP contribution is 2.45. The number of aryl methyl sites for hydroxylation is 2. The van der Waals surface area contributed by atoms with Crippen molar-refractivity contribution in [1.82, 2.24) is 14.9 Å². The molecule has 2 bridgehead atoms. The summed E-state index contributed by atoms with van der Waals surface area (Å²) in [6, 6.07) is 7.07. The second kappa shape index (κ2) is 10.00. The van der Waals surface area contributed by atoms with Crippen molar-refractivity contribution in [1.29, 1.82) is 0 Å². The molecule has 5 atom stereocenters. The molecule has 3 aliphatic carbocycles. The van der Waals surface area contributed by atoms with E-state index in [2.05, 4.69) is 55.9 Å². The van der Waals surface area contributed by atoms with Crippen LogP contribution in [0.1, 0.15) is 30.4 Å². The Balaban J connectivity index is 1.15. The number of rotatable bonds is 6. The molecule has 4 N–H and O–H groups in total. The van der Waals surface area contributed by atoms with Crippen molar-refractivity contribution in [2.45, 2.75) is 44.2 Å². The number of carbonyl (C=O) groups excluding carboxylic acids is 1. The Morgan fingerprint density at radius 3 is 2.69 bits per heavy atom.